The number of carbonyl (C=O) groups excluding carboxylic acids is 4. The van der Waals surface area contributed by atoms with Gasteiger partial charge in [0.05, 0.1) is 65.1 Å². The van der Waals surface area contributed by atoms with Gasteiger partial charge in [-0.3, -0.25) is 19.3 Å². The number of carbonyl (C=O) groups is 4. The molecular formula is C64H106N4O20S. The topological polar surface area (TPSA) is 293 Å². The Morgan fingerprint density at radius 2 is 1.49 bits per heavy atom. The standard InChI is InChI=1S/C64H106N4O20S/c1-34(2)26-48(69)84-54-41(9)53(36(4)32-80-61-57(78-17)56(77-16)50(70)44(12)83-61)86-59(73)43(11)55(85-49-27-37(5)68(30-39(7)81-49)31-45-24-25-45)40(8)52(87-60-51(71)47(67-79-18)28-38(6)82-60)35(3)29-64(15,58(72)42(54)10)88-62(74)66-63(13,14)33-65-89(75,76)46-22-20-19-21-23-46/h19-23,34-45,49-57,60-61,65,70-71H,24-33H2,1-18H3,(H,66,74)/t35?,36?,37-,38-,39+,40?,41?,42?,43?,44-,49+,50-,51-,52?,53?,54?,55?,56-,57-,60+,61-,64?/m1/s1. The number of alkyl carbamates (subject to hydrolysis) is 1. The van der Waals surface area contributed by atoms with Crippen LogP contribution in [-0.4, -0.2) is 204 Å². The summed E-state index contributed by atoms with van der Waals surface area (Å²) in [6.07, 6.45) is -12.2. The lowest BCUT2D eigenvalue weighted by Gasteiger charge is -2.45. The van der Waals surface area contributed by atoms with Crippen molar-refractivity contribution in [3.63, 3.8) is 0 Å². The summed E-state index contributed by atoms with van der Waals surface area (Å²) < 4.78 is 100. The second-order valence-corrected chi connectivity index (χ2v) is 29.0. The smallest absolute Gasteiger partial charge is 0.408 e. The largest absolute Gasteiger partial charge is 0.461 e. The lowest BCUT2D eigenvalue weighted by molar-refractivity contribution is -0.305. The minimum atomic E-state index is -4.03. The van der Waals surface area contributed by atoms with Gasteiger partial charge in [0.15, 0.2) is 30.3 Å². The number of oxime groups is 1. The van der Waals surface area contributed by atoms with Gasteiger partial charge in [0.1, 0.15) is 43.7 Å². The van der Waals surface area contributed by atoms with Crippen LogP contribution in [0.1, 0.15) is 142 Å². The maximum atomic E-state index is 16.1. The van der Waals surface area contributed by atoms with E-state index >= 15 is 9.59 Å². The van der Waals surface area contributed by atoms with Gasteiger partial charge in [0.25, 0.3) is 0 Å². The summed E-state index contributed by atoms with van der Waals surface area (Å²) >= 11 is 0. The lowest BCUT2D eigenvalue weighted by atomic mass is 9.74. The van der Waals surface area contributed by atoms with Gasteiger partial charge >= 0.3 is 18.0 Å². The number of benzene rings is 1. The summed E-state index contributed by atoms with van der Waals surface area (Å²) in [5.41, 5.74) is -3.18. The Bertz CT molecular complexity index is 2600. The van der Waals surface area contributed by atoms with Gasteiger partial charge in [0.2, 0.25) is 10.0 Å². The molecule has 11 unspecified atom stereocenters. The summed E-state index contributed by atoms with van der Waals surface area (Å²) in [6, 6.07) is 7.77. The number of hydrogen-bond acceptors (Lipinski definition) is 22. The van der Waals surface area contributed by atoms with Crippen LogP contribution in [0.4, 0.5) is 4.79 Å². The molecule has 0 bridgehead atoms. The van der Waals surface area contributed by atoms with E-state index in [0.29, 0.717) is 18.9 Å². The van der Waals surface area contributed by atoms with Crippen LogP contribution < -0.4 is 10.0 Å². The molecule has 1 aromatic rings. The third-order valence-corrected chi connectivity index (χ3v) is 19.5. The predicted octanol–water partition coefficient (Wildman–Crippen LogP) is 6.54. The molecule has 4 N–H and O–H groups in total. The zero-order valence-electron chi connectivity index (χ0n) is 55.8. The molecule has 1 aromatic carbocycles. The van der Waals surface area contributed by atoms with E-state index in [1.54, 1.807) is 80.5 Å². The molecule has 1 saturated carbocycles. The Hall–Kier alpha value is -3.96. The first-order valence-corrected chi connectivity index (χ1v) is 33.4. The lowest BCUT2D eigenvalue weighted by Crippen LogP contribution is -2.59. The fraction of sp³-hybridized carbons (Fsp3) is 0.828. The molecule has 1 amide bonds. The van der Waals surface area contributed by atoms with Gasteiger partial charge in [-0.25, -0.2) is 17.9 Å². The molecule has 1 aliphatic carbocycles. The van der Waals surface area contributed by atoms with Crippen LogP contribution in [0, 0.1) is 47.3 Å². The highest BCUT2D eigenvalue weighted by Crippen LogP contribution is 2.41. The van der Waals surface area contributed by atoms with Crippen molar-refractivity contribution < 1.29 is 94.8 Å². The first-order valence-electron chi connectivity index (χ1n) is 31.9. The number of ketones is 1. The molecular weight excluding hydrogens is 1180 g/mol. The molecule has 5 aliphatic rings. The average Bonchev–Trinajstić information content (AvgIpc) is 2.43. The van der Waals surface area contributed by atoms with E-state index in [2.05, 4.69) is 27.0 Å². The van der Waals surface area contributed by atoms with Crippen LogP contribution in [0.2, 0.25) is 0 Å². The number of Topliss-reactive ketones (excluding diaryl/α,β-unsaturated/α-hetero) is 1. The van der Waals surface area contributed by atoms with Crippen molar-refractivity contribution in [2.45, 2.75) is 250 Å². The molecule has 89 heavy (non-hydrogen) atoms. The zero-order chi connectivity index (χ0) is 66.0. The number of ether oxygens (including phenoxy) is 11. The fourth-order valence-corrected chi connectivity index (χ4v) is 14.3. The van der Waals surface area contributed by atoms with E-state index in [4.69, 9.17) is 56.9 Å². The average molecular weight is 1280 g/mol. The van der Waals surface area contributed by atoms with Gasteiger partial charge in [-0.1, -0.05) is 71.8 Å². The molecule has 4 aliphatic heterocycles. The van der Waals surface area contributed by atoms with E-state index in [-0.39, 0.29) is 61.1 Å². The van der Waals surface area contributed by atoms with E-state index < -0.39 is 160 Å². The summed E-state index contributed by atoms with van der Waals surface area (Å²) in [5, 5.41) is 29.9. The SMILES string of the molecule is CON=C1C[C@@H](C)O[C@@H](OC2C(C)CC(C)(OC(=O)NC(C)(C)CNS(=O)(=O)c3ccccc3)C(=O)C(C)C(OC(=O)CC(C)C)C(C)C(C(C)CO[C@@H]3O[C@H](C)[C@@H](O)[C@@H](OC)[C@H]3OC)OC(=O)C(C)C(O[C@H]3C[C@@H](C)N(CC4CC4)C[C@H](C)O3)C2C)[C@@H]1O. The highest BCUT2D eigenvalue weighted by Gasteiger charge is 2.53. The first-order chi connectivity index (χ1) is 41.7. The van der Waals surface area contributed by atoms with E-state index in [9.17, 15) is 28.2 Å². The Labute approximate surface area is 528 Å². The number of amides is 1. The van der Waals surface area contributed by atoms with Crippen LogP contribution in [0.5, 0.6) is 0 Å². The predicted molar refractivity (Wildman–Crippen MR) is 327 cm³/mol. The van der Waals surface area contributed by atoms with E-state index in [0.717, 1.165) is 19.4 Å². The Kier molecular flexibility index (Phi) is 26.8. The fourth-order valence-electron chi connectivity index (χ4n) is 13.0. The molecule has 0 aromatic heterocycles. The van der Waals surface area contributed by atoms with Crippen LogP contribution in [-0.2, 0) is 81.3 Å². The summed E-state index contributed by atoms with van der Waals surface area (Å²) in [7, 11) is 0.220. The van der Waals surface area contributed by atoms with Crippen LogP contribution >= 0.6 is 0 Å². The molecule has 24 nitrogen and oxygen atoms in total. The van der Waals surface area contributed by atoms with Gasteiger partial charge < -0.3 is 72.5 Å². The zero-order valence-corrected chi connectivity index (χ0v) is 56.6. The van der Waals surface area contributed by atoms with Gasteiger partial charge in [-0.05, 0) is 105 Å². The van der Waals surface area contributed by atoms with Crippen molar-refractivity contribution in [3.05, 3.63) is 30.3 Å². The van der Waals surface area contributed by atoms with E-state index in [1.165, 1.54) is 40.4 Å². The number of rotatable bonds is 22. The number of aliphatic hydroxyl groups is 2. The number of esters is 2. The molecule has 4 heterocycles. The van der Waals surface area contributed by atoms with Crippen LogP contribution in [0.25, 0.3) is 0 Å². The number of aliphatic hydroxyl groups excluding tert-OH is 2. The Morgan fingerprint density at radius 1 is 0.831 bits per heavy atom. The van der Waals surface area contributed by atoms with Crippen molar-refractivity contribution in [3.8, 4) is 0 Å². The van der Waals surface area contributed by atoms with Crippen molar-refractivity contribution >= 4 is 39.6 Å². The summed E-state index contributed by atoms with van der Waals surface area (Å²) in [4.78, 5) is 68.2. The highest BCUT2D eigenvalue weighted by atomic mass is 32.2. The van der Waals surface area contributed by atoms with Crippen molar-refractivity contribution in [2.75, 3.05) is 47.6 Å². The molecule has 22 atom stereocenters. The maximum Gasteiger partial charge on any atom is 0.408 e. The van der Waals surface area contributed by atoms with Crippen molar-refractivity contribution in [1.82, 2.24) is 14.9 Å². The first kappa shape index (κ1) is 74.1. The van der Waals surface area contributed by atoms with Gasteiger partial charge in [-0.2, -0.15) is 0 Å². The number of hydrogen-bond donors (Lipinski definition) is 4. The van der Waals surface area contributed by atoms with Crippen molar-refractivity contribution in [1.29, 1.82) is 0 Å². The van der Waals surface area contributed by atoms with Crippen LogP contribution in [0.15, 0.2) is 40.4 Å². The van der Waals surface area contributed by atoms with Gasteiger partial charge in [0, 0.05) is 76.9 Å². The minimum Gasteiger partial charge on any atom is -0.461 e. The molecule has 6 rings (SSSR count). The highest BCUT2D eigenvalue weighted by molar-refractivity contribution is 7.89. The Morgan fingerprint density at radius 3 is 2.11 bits per heavy atom. The normalized spacial score (nSPS) is 37.6. The van der Waals surface area contributed by atoms with Crippen LogP contribution in [0.3, 0.4) is 0 Å². The summed E-state index contributed by atoms with van der Waals surface area (Å²) in [6.45, 7) is 27.5. The van der Waals surface area contributed by atoms with Gasteiger partial charge in [-0.15, -0.1) is 0 Å². The third-order valence-electron chi connectivity index (χ3n) is 18.1. The molecule has 5 fully saturated rings. The molecule has 508 valence electrons. The number of cyclic esters (lactones) is 1. The monoisotopic (exact) mass is 1280 g/mol. The third kappa shape index (κ3) is 19.8. The quantitative estimate of drug-likeness (QED) is 0.0544. The molecule has 25 heteroatoms. The number of nitrogens with one attached hydrogen (secondary N) is 2. The Balaban J connectivity index is 1.50. The second-order valence-electron chi connectivity index (χ2n) is 27.3. The molecule has 0 radical (unpaired) electrons. The van der Waals surface area contributed by atoms with Crippen molar-refractivity contribution in [2.24, 2.45) is 52.5 Å². The molecule has 4 saturated heterocycles. The maximum absolute atomic E-state index is 16.1. The number of sulfonamides is 1. The second kappa shape index (κ2) is 32.3. The number of methoxy groups -OCH3 is 2. The molecule has 0 spiro atoms. The minimum absolute atomic E-state index is 0.0155. The summed E-state index contributed by atoms with van der Waals surface area (Å²) in [5.74, 6) is -7.45. The van der Waals surface area contributed by atoms with E-state index in [1.807, 2.05) is 27.7 Å². The number of nitrogens with zero attached hydrogens (tertiary/aromatic N) is 2.